The summed E-state index contributed by atoms with van der Waals surface area (Å²) in [7, 11) is 0. The molecule has 0 atom stereocenters. The Morgan fingerprint density at radius 3 is 2.48 bits per heavy atom. The second-order valence-corrected chi connectivity index (χ2v) is 6.63. The largest absolute Gasteiger partial charge is 0.573 e. The molecular formula is C20H19F3N2O2. The molecule has 0 bridgehead atoms. The van der Waals surface area contributed by atoms with Crippen LogP contribution < -0.4 is 10.1 Å². The average Bonchev–Trinajstić information content (AvgIpc) is 2.99. The van der Waals surface area contributed by atoms with Crippen molar-refractivity contribution < 1.29 is 22.7 Å². The summed E-state index contributed by atoms with van der Waals surface area (Å²) in [5, 5.41) is 2.82. The summed E-state index contributed by atoms with van der Waals surface area (Å²) < 4.78 is 41.0. The summed E-state index contributed by atoms with van der Waals surface area (Å²) in [6.45, 7) is 7.72. The number of pyridine rings is 1. The lowest BCUT2D eigenvalue weighted by Crippen LogP contribution is -2.17. The molecule has 142 valence electrons. The molecule has 0 unspecified atom stereocenters. The van der Waals surface area contributed by atoms with Crippen molar-refractivity contribution in [2.75, 3.05) is 5.32 Å². The SMILES string of the molecule is Cc1nc(NC(=O)C2=Cc3cc(OC(F)(F)F)ccc3C2)c(C)c(C)c1C. The minimum absolute atomic E-state index is 0.304. The van der Waals surface area contributed by atoms with Gasteiger partial charge in [-0.1, -0.05) is 6.07 Å². The Morgan fingerprint density at radius 2 is 1.81 bits per heavy atom. The van der Waals surface area contributed by atoms with E-state index < -0.39 is 6.36 Å². The number of nitrogens with zero attached hydrogens (tertiary/aromatic N) is 1. The van der Waals surface area contributed by atoms with Crippen LogP contribution in [0.15, 0.2) is 23.8 Å². The van der Waals surface area contributed by atoms with Crippen molar-refractivity contribution in [1.82, 2.24) is 4.98 Å². The highest BCUT2D eigenvalue weighted by atomic mass is 19.4. The maximum absolute atomic E-state index is 12.6. The van der Waals surface area contributed by atoms with E-state index in [1.807, 2.05) is 27.7 Å². The van der Waals surface area contributed by atoms with Crippen molar-refractivity contribution in [3.05, 3.63) is 57.3 Å². The average molecular weight is 376 g/mol. The van der Waals surface area contributed by atoms with Gasteiger partial charge in [-0.3, -0.25) is 4.79 Å². The highest BCUT2D eigenvalue weighted by molar-refractivity contribution is 6.08. The maximum atomic E-state index is 12.6. The number of hydrogen-bond acceptors (Lipinski definition) is 3. The molecule has 2 aromatic rings. The van der Waals surface area contributed by atoms with E-state index >= 15 is 0 Å². The van der Waals surface area contributed by atoms with E-state index in [0.717, 1.165) is 27.9 Å². The van der Waals surface area contributed by atoms with Gasteiger partial charge in [-0.15, -0.1) is 13.2 Å². The maximum Gasteiger partial charge on any atom is 0.573 e. The van der Waals surface area contributed by atoms with Gasteiger partial charge in [-0.25, -0.2) is 4.98 Å². The molecule has 1 aromatic carbocycles. The number of halogens is 3. The summed E-state index contributed by atoms with van der Waals surface area (Å²) in [5.74, 6) is -0.122. The van der Waals surface area contributed by atoms with Crippen LogP contribution in [0.3, 0.4) is 0 Å². The van der Waals surface area contributed by atoms with Gasteiger partial charge in [0.2, 0.25) is 0 Å². The number of carbonyl (C=O) groups is 1. The van der Waals surface area contributed by atoms with Crippen LogP contribution in [0, 0.1) is 27.7 Å². The lowest BCUT2D eigenvalue weighted by Gasteiger charge is -2.14. The third-order valence-electron chi connectivity index (χ3n) is 4.89. The normalized spacial score (nSPS) is 13.2. The fraction of sp³-hybridized carbons (Fsp3) is 0.300. The number of hydrogen-bond donors (Lipinski definition) is 1. The molecular weight excluding hydrogens is 357 g/mol. The zero-order chi connectivity index (χ0) is 19.9. The number of anilines is 1. The minimum atomic E-state index is -4.75. The van der Waals surface area contributed by atoms with Crippen LogP contribution in [0.1, 0.15) is 33.5 Å². The highest BCUT2D eigenvalue weighted by Crippen LogP contribution is 2.32. The number of aromatic nitrogens is 1. The van der Waals surface area contributed by atoms with Gasteiger partial charge < -0.3 is 10.1 Å². The molecule has 1 heterocycles. The van der Waals surface area contributed by atoms with Gasteiger partial charge in [0.25, 0.3) is 5.91 Å². The van der Waals surface area contributed by atoms with Crippen molar-refractivity contribution in [3.8, 4) is 5.75 Å². The van der Waals surface area contributed by atoms with Crippen LogP contribution in [-0.4, -0.2) is 17.3 Å². The third kappa shape index (κ3) is 3.97. The van der Waals surface area contributed by atoms with Crippen molar-refractivity contribution in [3.63, 3.8) is 0 Å². The Balaban J connectivity index is 1.81. The number of rotatable bonds is 3. The van der Waals surface area contributed by atoms with E-state index in [9.17, 15) is 18.0 Å². The van der Waals surface area contributed by atoms with Crippen LogP contribution in [0.4, 0.5) is 19.0 Å². The number of benzene rings is 1. The molecule has 4 nitrogen and oxygen atoms in total. The van der Waals surface area contributed by atoms with E-state index in [1.54, 1.807) is 6.08 Å². The van der Waals surface area contributed by atoms with Gasteiger partial charge in [0.05, 0.1) is 0 Å². The first kappa shape index (κ1) is 18.9. The van der Waals surface area contributed by atoms with Crippen LogP contribution in [-0.2, 0) is 11.2 Å². The number of aryl methyl sites for hydroxylation is 1. The molecule has 0 radical (unpaired) electrons. The van der Waals surface area contributed by atoms with Gasteiger partial charge in [-0.05, 0) is 73.7 Å². The second kappa shape index (κ2) is 6.72. The molecule has 3 rings (SSSR count). The van der Waals surface area contributed by atoms with Crippen LogP contribution in [0.2, 0.25) is 0 Å². The Bertz CT molecular complexity index is 963. The Labute approximate surface area is 155 Å². The molecule has 0 spiro atoms. The number of nitrogens with one attached hydrogen (secondary N) is 1. The molecule has 1 aliphatic carbocycles. The summed E-state index contributed by atoms with van der Waals surface area (Å²) in [6.07, 6.45) is -2.82. The summed E-state index contributed by atoms with van der Waals surface area (Å²) in [4.78, 5) is 17.1. The Hall–Kier alpha value is -2.83. The minimum Gasteiger partial charge on any atom is -0.406 e. The quantitative estimate of drug-likeness (QED) is 0.838. The van der Waals surface area contributed by atoms with E-state index in [-0.39, 0.29) is 11.7 Å². The fourth-order valence-electron chi connectivity index (χ4n) is 3.03. The molecule has 0 fully saturated rings. The third-order valence-corrected chi connectivity index (χ3v) is 4.89. The van der Waals surface area contributed by atoms with Crippen molar-refractivity contribution in [2.45, 2.75) is 40.5 Å². The molecule has 1 N–H and O–H groups in total. The molecule has 1 amide bonds. The van der Waals surface area contributed by atoms with E-state index in [1.165, 1.54) is 18.2 Å². The first-order valence-electron chi connectivity index (χ1n) is 8.40. The van der Waals surface area contributed by atoms with E-state index in [4.69, 9.17) is 0 Å². The van der Waals surface area contributed by atoms with Crippen molar-refractivity contribution in [1.29, 1.82) is 0 Å². The Kier molecular flexibility index (Phi) is 4.71. The number of alkyl halides is 3. The molecule has 0 saturated carbocycles. The van der Waals surface area contributed by atoms with Crippen molar-refractivity contribution in [2.24, 2.45) is 0 Å². The predicted molar refractivity (Wildman–Crippen MR) is 96.6 cm³/mol. The number of amides is 1. The number of fused-ring (bicyclic) bond motifs is 1. The van der Waals surface area contributed by atoms with Gasteiger partial charge in [-0.2, -0.15) is 0 Å². The highest BCUT2D eigenvalue weighted by Gasteiger charge is 2.31. The van der Waals surface area contributed by atoms with Crippen LogP contribution >= 0.6 is 0 Å². The lowest BCUT2D eigenvalue weighted by molar-refractivity contribution is -0.274. The summed E-state index contributed by atoms with van der Waals surface area (Å²) >= 11 is 0. The monoisotopic (exact) mass is 376 g/mol. The first-order valence-corrected chi connectivity index (χ1v) is 8.40. The second-order valence-electron chi connectivity index (χ2n) is 6.63. The first-order chi connectivity index (χ1) is 12.5. The predicted octanol–water partition coefficient (Wildman–Crippen LogP) is 4.79. The van der Waals surface area contributed by atoms with Gasteiger partial charge in [0.1, 0.15) is 11.6 Å². The standard InChI is InChI=1S/C20H19F3N2O2/c1-10-11(2)13(4)24-18(12(10)3)25-19(26)16-7-14-5-6-17(9-15(14)8-16)27-20(21,22)23/h5-6,8-9H,7H2,1-4H3,(H,24,25,26). The number of carbonyl (C=O) groups excluding carboxylic acids is 1. The zero-order valence-corrected chi connectivity index (χ0v) is 15.4. The molecule has 0 saturated heterocycles. The summed E-state index contributed by atoms with van der Waals surface area (Å²) in [6, 6.07) is 4.07. The lowest BCUT2D eigenvalue weighted by atomic mass is 10.0. The molecule has 27 heavy (non-hydrogen) atoms. The van der Waals surface area contributed by atoms with Gasteiger partial charge in [0.15, 0.2) is 0 Å². The fourth-order valence-corrected chi connectivity index (χ4v) is 3.03. The smallest absolute Gasteiger partial charge is 0.406 e. The van der Waals surface area contributed by atoms with Gasteiger partial charge >= 0.3 is 6.36 Å². The molecule has 7 heteroatoms. The van der Waals surface area contributed by atoms with Crippen molar-refractivity contribution >= 4 is 17.8 Å². The summed E-state index contributed by atoms with van der Waals surface area (Å²) in [5.41, 5.74) is 5.66. The molecule has 0 aliphatic heterocycles. The van der Waals surface area contributed by atoms with Crippen LogP contribution in [0.5, 0.6) is 5.75 Å². The Morgan fingerprint density at radius 1 is 1.11 bits per heavy atom. The topological polar surface area (TPSA) is 51.2 Å². The van der Waals surface area contributed by atoms with Crippen LogP contribution in [0.25, 0.3) is 6.08 Å². The molecule has 1 aromatic heterocycles. The van der Waals surface area contributed by atoms with E-state index in [0.29, 0.717) is 23.4 Å². The van der Waals surface area contributed by atoms with E-state index in [2.05, 4.69) is 15.0 Å². The molecule has 1 aliphatic rings. The number of ether oxygens (including phenoxy) is 1. The van der Waals surface area contributed by atoms with Gasteiger partial charge in [0, 0.05) is 17.7 Å². The zero-order valence-electron chi connectivity index (χ0n) is 15.4.